The maximum atomic E-state index is 12.4. The van der Waals surface area contributed by atoms with Gasteiger partial charge >= 0.3 is 5.97 Å². The van der Waals surface area contributed by atoms with Gasteiger partial charge in [-0.25, -0.2) is 9.97 Å². The number of carboxylic acid groups (broad SMARTS) is 1. The molecule has 0 unspecified atom stereocenters. The van der Waals surface area contributed by atoms with Gasteiger partial charge < -0.3 is 15.3 Å². The summed E-state index contributed by atoms with van der Waals surface area (Å²) < 4.78 is 0. The molecular formula is C24H22ClN5O4. The second-order valence-corrected chi connectivity index (χ2v) is 8.32. The third-order valence-electron chi connectivity index (χ3n) is 5.52. The van der Waals surface area contributed by atoms with Crippen LogP contribution in [0.5, 0.6) is 0 Å². The van der Waals surface area contributed by atoms with E-state index < -0.39 is 5.97 Å². The molecule has 1 saturated heterocycles. The van der Waals surface area contributed by atoms with Crippen molar-refractivity contribution in [3.63, 3.8) is 0 Å². The average Bonchev–Trinajstić information content (AvgIpc) is 3.36. The van der Waals surface area contributed by atoms with Gasteiger partial charge in [-0.2, -0.15) is 0 Å². The van der Waals surface area contributed by atoms with Crippen LogP contribution in [0, 0.1) is 4.91 Å². The number of nitroso groups, excluding NO2 is 1. The number of anilines is 2. The van der Waals surface area contributed by atoms with E-state index in [4.69, 9.17) is 11.6 Å². The molecule has 1 amide bonds. The quantitative estimate of drug-likeness (QED) is 0.357. The summed E-state index contributed by atoms with van der Waals surface area (Å²) in [4.78, 5) is 45.3. The molecule has 0 spiro atoms. The van der Waals surface area contributed by atoms with E-state index >= 15 is 0 Å². The first-order valence-electron chi connectivity index (χ1n) is 10.8. The third kappa shape index (κ3) is 5.55. The molecule has 0 atom stereocenters. The Morgan fingerprint density at radius 2 is 1.71 bits per heavy atom. The fraction of sp³-hybridized carbons (Fsp3) is 0.250. The van der Waals surface area contributed by atoms with E-state index in [-0.39, 0.29) is 23.2 Å². The maximum Gasteiger partial charge on any atom is 0.308 e. The molecule has 0 saturated carbocycles. The van der Waals surface area contributed by atoms with Crippen molar-refractivity contribution in [3.8, 4) is 0 Å². The molecule has 1 fully saturated rings. The number of carboxylic acids is 1. The minimum atomic E-state index is -0.979. The summed E-state index contributed by atoms with van der Waals surface area (Å²) in [5, 5.41) is 15.1. The van der Waals surface area contributed by atoms with Gasteiger partial charge in [-0.15, -0.1) is 4.91 Å². The second kappa shape index (κ2) is 10.4. The van der Waals surface area contributed by atoms with Gasteiger partial charge in [0.2, 0.25) is 0 Å². The predicted molar refractivity (Wildman–Crippen MR) is 129 cm³/mol. The number of carbonyl (C=O) groups excluding carboxylic acids is 1. The lowest BCUT2D eigenvalue weighted by Gasteiger charge is -2.21. The lowest BCUT2D eigenvalue weighted by molar-refractivity contribution is -0.136. The lowest BCUT2D eigenvalue weighted by Crippen LogP contribution is -2.23. The molecule has 4 rings (SSSR count). The van der Waals surface area contributed by atoms with Crippen LogP contribution in [0.15, 0.2) is 53.7 Å². The van der Waals surface area contributed by atoms with Gasteiger partial charge in [-0.05, 0) is 60.0 Å². The molecule has 10 heteroatoms. The van der Waals surface area contributed by atoms with E-state index in [1.807, 2.05) is 12.1 Å². The van der Waals surface area contributed by atoms with E-state index in [0.29, 0.717) is 34.9 Å². The molecule has 2 aromatic carbocycles. The Morgan fingerprint density at radius 1 is 1.03 bits per heavy atom. The Hall–Kier alpha value is -3.85. The van der Waals surface area contributed by atoms with Crippen LogP contribution >= 0.6 is 11.6 Å². The predicted octanol–water partition coefficient (Wildman–Crippen LogP) is 4.60. The minimum absolute atomic E-state index is 0.161. The van der Waals surface area contributed by atoms with Crippen molar-refractivity contribution in [1.29, 1.82) is 0 Å². The first kappa shape index (κ1) is 23.3. The van der Waals surface area contributed by atoms with Crippen LogP contribution < -0.4 is 10.2 Å². The summed E-state index contributed by atoms with van der Waals surface area (Å²) in [6.07, 6.45) is 2.22. The van der Waals surface area contributed by atoms with Crippen molar-refractivity contribution in [2.45, 2.75) is 25.7 Å². The van der Waals surface area contributed by atoms with Crippen molar-refractivity contribution in [1.82, 2.24) is 9.97 Å². The Kier molecular flexibility index (Phi) is 7.12. The number of rotatable bonds is 8. The molecule has 9 nitrogen and oxygen atoms in total. The topological polar surface area (TPSA) is 125 Å². The smallest absolute Gasteiger partial charge is 0.308 e. The number of aliphatic carboxylic acids is 1. The summed E-state index contributed by atoms with van der Waals surface area (Å²) >= 11 is 6.37. The Bertz CT molecular complexity index is 1210. The number of aromatic nitrogens is 2. The largest absolute Gasteiger partial charge is 0.481 e. The maximum absolute atomic E-state index is 12.4. The van der Waals surface area contributed by atoms with Gasteiger partial charge in [0.1, 0.15) is 22.5 Å². The molecule has 0 radical (unpaired) electrons. The highest BCUT2D eigenvalue weighted by Crippen LogP contribution is 2.28. The fourth-order valence-corrected chi connectivity index (χ4v) is 4.07. The molecular weight excluding hydrogens is 458 g/mol. The molecule has 34 heavy (non-hydrogen) atoms. The highest BCUT2D eigenvalue weighted by molar-refractivity contribution is 6.30. The summed E-state index contributed by atoms with van der Waals surface area (Å²) in [7, 11) is 0. The number of amides is 1. The first-order chi connectivity index (χ1) is 16.4. The Morgan fingerprint density at radius 3 is 2.32 bits per heavy atom. The zero-order valence-electron chi connectivity index (χ0n) is 18.2. The molecule has 1 aliphatic rings. The second-order valence-electron chi connectivity index (χ2n) is 7.96. The number of hydrogen-bond donors (Lipinski definition) is 2. The summed E-state index contributed by atoms with van der Waals surface area (Å²) in [5.41, 5.74) is 2.63. The summed E-state index contributed by atoms with van der Waals surface area (Å²) in [6.45, 7) is 1.62. The number of benzene rings is 2. The SMILES string of the molecule is O=Nc1ccc(C(=O)Nc2ccc(Cc3nc(Cl)c(CC(=O)O)c(N4CCCC4)n3)cc2)cc1. The molecule has 2 heterocycles. The van der Waals surface area contributed by atoms with Gasteiger partial charge in [-0.3, -0.25) is 9.59 Å². The van der Waals surface area contributed by atoms with Crippen molar-refractivity contribution >= 4 is 40.7 Å². The van der Waals surface area contributed by atoms with Gasteiger partial charge in [0, 0.05) is 36.3 Å². The fourth-order valence-electron chi connectivity index (χ4n) is 3.83. The Labute approximate surface area is 200 Å². The van der Waals surface area contributed by atoms with Crippen LogP contribution in [0.25, 0.3) is 0 Å². The van der Waals surface area contributed by atoms with E-state index in [0.717, 1.165) is 31.5 Å². The molecule has 0 bridgehead atoms. The number of hydrogen-bond acceptors (Lipinski definition) is 7. The average molecular weight is 480 g/mol. The molecule has 1 aliphatic heterocycles. The summed E-state index contributed by atoms with van der Waals surface area (Å²) in [5.74, 6) is -0.187. The third-order valence-corrected chi connectivity index (χ3v) is 5.84. The normalized spacial score (nSPS) is 13.0. The van der Waals surface area contributed by atoms with Crippen molar-refractivity contribution < 1.29 is 14.7 Å². The van der Waals surface area contributed by atoms with Gasteiger partial charge in [0.25, 0.3) is 5.91 Å². The lowest BCUT2D eigenvalue weighted by atomic mass is 10.1. The molecule has 0 aliphatic carbocycles. The molecule has 3 aromatic rings. The number of nitrogens with one attached hydrogen (secondary N) is 1. The highest BCUT2D eigenvalue weighted by Gasteiger charge is 2.23. The van der Waals surface area contributed by atoms with Crippen molar-refractivity contribution in [2.75, 3.05) is 23.3 Å². The van der Waals surface area contributed by atoms with Crippen LogP contribution in [-0.2, 0) is 17.6 Å². The molecule has 1 aromatic heterocycles. The first-order valence-corrected chi connectivity index (χ1v) is 11.2. The molecule has 174 valence electrons. The summed E-state index contributed by atoms with van der Waals surface area (Å²) in [6, 6.07) is 13.3. The zero-order chi connectivity index (χ0) is 24.1. The van der Waals surface area contributed by atoms with Crippen LogP contribution in [0.2, 0.25) is 5.15 Å². The highest BCUT2D eigenvalue weighted by atomic mass is 35.5. The van der Waals surface area contributed by atoms with E-state index in [1.165, 1.54) is 24.3 Å². The monoisotopic (exact) mass is 479 g/mol. The van der Waals surface area contributed by atoms with Crippen LogP contribution in [0.3, 0.4) is 0 Å². The van der Waals surface area contributed by atoms with Gasteiger partial charge in [-0.1, -0.05) is 23.7 Å². The van der Waals surface area contributed by atoms with E-state index in [9.17, 15) is 19.6 Å². The van der Waals surface area contributed by atoms with Crippen LogP contribution in [-0.4, -0.2) is 40.0 Å². The number of carbonyl (C=O) groups is 2. The zero-order valence-corrected chi connectivity index (χ0v) is 19.0. The molecule has 2 N–H and O–H groups in total. The van der Waals surface area contributed by atoms with Crippen LogP contribution in [0.4, 0.5) is 17.2 Å². The standard InChI is InChI=1S/C24H22ClN5O4/c25-22-19(14-21(31)32)23(30-11-1-2-12-30)28-20(27-22)13-15-3-7-17(8-4-15)26-24(33)16-5-9-18(29-34)10-6-16/h3-10H,1-2,11-14H2,(H,26,33)(H,31,32). The van der Waals surface area contributed by atoms with E-state index in [2.05, 4.69) is 25.4 Å². The Balaban J connectivity index is 1.48. The number of halogens is 1. The van der Waals surface area contributed by atoms with Crippen molar-refractivity contribution in [3.05, 3.63) is 81.1 Å². The minimum Gasteiger partial charge on any atom is -0.481 e. The van der Waals surface area contributed by atoms with E-state index in [1.54, 1.807) is 12.1 Å². The van der Waals surface area contributed by atoms with Crippen LogP contribution in [0.1, 0.15) is 40.2 Å². The van der Waals surface area contributed by atoms with Gasteiger partial charge in [0.15, 0.2) is 0 Å². The van der Waals surface area contributed by atoms with Crippen molar-refractivity contribution in [2.24, 2.45) is 5.18 Å². The van der Waals surface area contributed by atoms with Gasteiger partial charge in [0.05, 0.1) is 6.42 Å². The number of nitrogens with zero attached hydrogens (tertiary/aromatic N) is 4.